The van der Waals surface area contributed by atoms with Gasteiger partial charge >= 0.3 is 5.97 Å². The van der Waals surface area contributed by atoms with E-state index in [1.165, 1.54) is 30.3 Å². The molecular formula is C23H16F3N3O2. The average molecular weight is 423 g/mol. The number of aromatic carboxylic acids is 1. The van der Waals surface area contributed by atoms with Gasteiger partial charge in [-0.15, -0.1) is 0 Å². The molecule has 156 valence electrons. The largest absolute Gasteiger partial charge is 0.478 e. The highest BCUT2D eigenvalue weighted by molar-refractivity contribution is 5.87. The number of benzene rings is 3. The van der Waals surface area contributed by atoms with Crippen molar-refractivity contribution in [3.05, 3.63) is 102 Å². The molecular weight excluding hydrogens is 407 g/mol. The molecule has 2 N–H and O–H groups in total. The van der Waals surface area contributed by atoms with Crippen LogP contribution in [0.5, 0.6) is 0 Å². The second-order valence-corrected chi connectivity index (χ2v) is 6.79. The fourth-order valence-electron chi connectivity index (χ4n) is 3.08. The zero-order valence-corrected chi connectivity index (χ0v) is 16.0. The first-order chi connectivity index (χ1) is 14.9. The number of anilines is 1. The third-order valence-corrected chi connectivity index (χ3v) is 4.69. The number of nitrogens with one attached hydrogen (secondary N) is 1. The summed E-state index contributed by atoms with van der Waals surface area (Å²) in [6.45, 7) is 0.241. The molecule has 0 saturated carbocycles. The highest BCUT2D eigenvalue weighted by atomic mass is 19.2. The summed E-state index contributed by atoms with van der Waals surface area (Å²) in [6.07, 6.45) is 1.74. The van der Waals surface area contributed by atoms with Crippen LogP contribution in [0, 0.1) is 17.5 Å². The molecule has 8 heteroatoms. The molecule has 4 aromatic rings. The summed E-state index contributed by atoms with van der Waals surface area (Å²) in [5.41, 5.74) is 3.13. The van der Waals surface area contributed by atoms with E-state index in [-0.39, 0.29) is 17.9 Å². The van der Waals surface area contributed by atoms with E-state index in [1.807, 2.05) is 0 Å². The first-order valence-corrected chi connectivity index (χ1v) is 9.28. The maximum absolute atomic E-state index is 13.5. The number of nitrogens with zero attached hydrogens (tertiary/aromatic N) is 2. The Morgan fingerprint density at radius 3 is 2.29 bits per heavy atom. The Hall–Kier alpha value is -4.07. The fraction of sp³-hybridized carbons (Fsp3) is 0.0435. The zero-order valence-electron chi connectivity index (χ0n) is 16.0. The Morgan fingerprint density at radius 2 is 1.65 bits per heavy atom. The first kappa shape index (κ1) is 20.2. The Kier molecular flexibility index (Phi) is 5.44. The highest BCUT2D eigenvalue weighted by Crippen LogP contribution is 2.25. The van der Waals surface area contributed by atoms with Gasteiger partial charge in [-0.1, -0.05) is 0 Å². The molecule has 1 aromatic heterocycles. The van der Waals surface area contributed by atoms with Gasteiger partial charge in [0.1, 0.15) is 5.82 Å². The summed E-state index contributed by atoms with van der Waals surface area (Å²) in [7, 11) is 0. The van der Waals surface area contributed by atoms with E-state index in [9.17, 15) is 18.0 Å². The molecule has 5 nitrogen and oxygen atoms in total. The molecule has 0 radical (unpaired) electrons. The van der Waals surface area contributed by atoms with Crippen LogP contribution >= 0.6 is 0 Å². The first-order valence-electron chi connectivity index (χ1n) is 9.28. The molecule has 0 aliphatic heterocycles. The van der Waals surface area contributed by atoms with Crippen LogP contribution in [-0.4, -0.2) is 20.9 Å². The SMILES string of the molecule is O=C(O)c1ccc(-n2cc(CNc3ccc(F)c(F)c3)c(-c3ccc(F)cc3)n2)cc1. The number of carboxylic acid groups (broad SMARTS) is 1. The molecule has 0 bridgehead atoms. The lowest BCUT2D eigenvalue weighted by Crippen LogP contribution is -2.01. The molecule has 0 amide bonds. The molecule has 0 atom stereocenters. The molecule has 0 spiro atoms. The molecule has 0 aliphatic carbocycles. The average Bonchev–Trinajstić information content (AvgIpc) is 3.19. The van der Waals surface area contributed by atoms with E-state index in [2.05, 4.69) is 10.4 Å². The summed E-state index contributed by atoms with van der Waals surface area (Å²) >= 11 is 0. The summed E-state index contributed by atoms with van der Waals surface area (Å²) in [5, 5.41) is 16.7. The maximum atomic E-state index is 13.5. The van der Waals surface area contributed by atoms with E-state index in [0.29, 0.717) is 22.6 Å². The van der Waals surface area contributed by atoms with Gasteiger partial charge in [0, 0.05) is 35.6 Å². The molecule has 31 heavy (non-hydrogen) atoms. The van der Waals surface area contributed by atoms with Gasteiger partial charge in [-0.05, 0) is 60.7 Å². The van der Waals surface area contributed by atoms with Gasteiger partial charge in [0.2, 0.25) is 0 Å². The number of aromatic nitrogens is 2. The number of halogens is 3. The molecule has 0 saturated heterocycles. The van der Waals surface area contributed by atoms with Crippen molar-refractivity contribution in [2.45, 2.75) is 6.54 Å². The van der Waals surface area contributed by atoms with Crippen molar-refractivity contribution in [3.8, 4) is 16.9 Å². The molecule has 0 aliphatic rings. The number of carbonyl (C=O) groups is 1. The lowest BCUT2D eigenvalue weighted by Gasteiger charge is -2.07. The van der Waals surface area contributed by atoms with Crippen molar-refractivity contribution in [1.82, 2.24) is 9.78 Å². The van der Waals surface area contributed by atoms with Crippen LogP contribution in [0.4, 0.5) is 18.9 Å². The Labute approximate surface area is 175 Å². The second kappa shape index (κ2) is 8.35. The molecule has 0 unspecified atom stereocenters. The predicted octanol–water partition coefficient (Wildman–Crippen LogP) is 5.27. The van der Waals surface area contributed by atoms with Crippen LogP contribution in [0.15, 0.2) is 72.9 Å². The summed E-state index contributed by atoms with van der Waals surface area (Å²) in [4.78, 5) is 11.1. The van der Waals surface area contributed by atoms with E-state index in [1.54, 1.807) is 35.1 Å². The summed E-state index contributed by atoms with van der Waals surface area (Å²) in [6, 6.07) is 15.5. The fourth-order valence-corrected chi connectivity index (χ4v) is 3.08. The van der Waals surface area contributed by atoms with E-state index in [0.717, 1.165) is 17.7 Å². The number of hydrogen-bond donors (Lipinski definition) is 2. The Morgan fingerprint density at radius 1 is 0.935 bits per heavy atom. The second-order valence-electron chi connectivity index (χ2n) is 6.79. The maximum Gasteiger partial charge on any atom is 0.335 e. The number of rotatable bonds is 6. The Balaban J connectivity index is 1.68. The van der Waals surface area contributed by atoms with Crippen LogP contribution in [0.25, 0.3) is 16.9 Å². The lowest BCUT2D eigenvalue weighted by molar-refractivity contribution is 0.0697. The van der Waals surface area contributed by atoms with Crippen LogP contribution in [0.3, 0.4) is 0 Å². The third kappa shape index (κ3) is 4.42. The van der Waals surface area contributed by atoms with Crippen LogP contribution in [0.1, 0.15) is 15.9 Å². The quantitative estimate of drug-likeness (QED) is 0.444. The predicted molar refractivity (Wildman–Crippen MR) is 110 cm³/mol. The van der Waals surface area contributed by atoms with Crippen molar-refractivity contribution in [1.29, 1.82) is 0 Å². The number of carboxylic acids is 1. The van der Waals surface area contributed by atoms with Gasteiger partial charge in [-0.2, -0.15) is 5.10 Å². The van der Waals surface area contributed by atoms with Crippen LogP contribution in [0.2, 0.25) is 0 Å². The van der Waals surface area contributed by atoms with E-state index >= 15 is 0 Å². The van der Waals surface area contributed by atoms with Gasteiger partial charge in [0.25, 0.3) is 0 Å². The zero-order chi connectivity index (χ0) is 22.0. The molecule has 0 fully saturated rings. The normalized spacial score (nSPS) is 10.8. The molecule has 3 aromatic carbocycles. The van der Waals surface area contributed by atoms with Gasteiger partial charge in [-0.3, -0.25) is 0 Å². The van der Waals surface area contributed by atoms with Crippen molar-refractivity contribution >= 4 is 11.7 Å². The monoisotopic (exact) mass is 423 g/mol. The van der Waals surface area contributed by atoms with Gasteiger partial charge < -0.3 is 10.4 Å². The standard InChI is InChI=1S/C23H16F3N3O2/c24-17-5-1-14(2-6-17)22-16(12-27-18-7-10-20(25)21(26)11-18)13-29(28-22)19-8-3-15(4-9-19)23(30)31/h1-11,13,27H,12H2,(H,30,31). The smallest absolute Gasteiger partial charge is 0.335 e. The van der Waals surface area contributed by atoms with E-state index < -0.39 is 17.6 Å². The van der Waals surface area contributed by atoms with Crippen molar-refractivity contribution in [2.24, 2.45) is 0 Å². The topological polar surface area (TPSA) is 67.2 Å². The van der Waals surface area contributed by atoms with Gasteiger partial charge in [-0.25, -0.2) is 22.6 Å². The minimum absolute atomic E-state index is 0.148. The number of hydrogen-bond acceptors (Lipinski definition) is 3. The minimum Gasteiger partial charge on any atom is -0.478 e. The molecule has 1 heterocycles. The van der Waals surface area contributed by atoms with Crippen LogP contribution < -0.4 is 5.32 Å². The summed E-state index contributed by atoms with van der Waals surface area (Å²) in [5.74, 6) is -3.31. The summed E-state index contributed by atoms with van der Waals surface area (Å²) < 4.78 is 41.6. The van der Waals surface area contributed by atoms with Crippen molar-refractivity contribution in [3.63, 3.8) is 0 Å². The van der Waals surface area contributed by atoms with Crippen LogP contribution in [-0.2, 0) is 6.54 Å². The minimum atomic E-state index is -1.03. The van der Waals surface area contributed by atoms with Crippen molar-refractivity contribution in [2.75, 3.05) is 5.32 Å². The lowest BCUT2D eigenvalue weighted by atomic mass is 10.1. The highest BCUT2D eigenvalue weighted by Gasteiger charge is 2.14. The Bertz CT molecular complexity index is 1240. The van der Waals surface area contributed by atoms with E-state index in [4.69, 9.17) is 5.11 Å². The third-order valence-electron chi connectivity index (χ3n) is 4.69. The molecule has 4 rings (SSSR count). The van der Waals surface area contributed by atoms with Crippen molar-refractivity contribution < 1.29 is 23.1 Å². The van der Waals surface area contributed by atoms with Gasteiger partial charge in [0.05, 0.1) is 16.9 Å². The van der Waals surface area contributed by atoms with Gasteiger partial charge in [0.15, 0.2) is 11.6 Å².